The lowest BCUT2D eigenvalue weighted by molar-refractivity contribution is 0.367. The first-order valence-corrected chi connectivity index (χ1v) is 6.82. The molecule has 1 aliphatic rings. The molecule has 3 rings (SSSR count). The van der Waals surface area contributed by atoms with Crippen molar-refractivity contribution in [2.45, 2.75) is 19.4 Å². The van der Waals surface area contributed by atoms with Crippen LogP contribution in [-0.4, -0.2) is 21.7 Å². The third-order valence-corrected chi connectivity index (χ3v) is 3.39. The molecule has 1 saturated carbocycles. The van der Waals surface area contributed by atoms with Crippen molar-refractivity contribution < 1.29 is 4.52 Å². The van der Waals surface area contributed by atoms with Gasteiger partial charge in [0.1, 0.15) is 5.69 Å². The van der Waals surface area contributed by atoms with Gasteiger partial charge in [-0.05, 0) is 31.4 Å². The highest BCUT2D eigenvalue weighted by Gasteiger charge is 2.21. The van der Waals surface area contributed by atoms with Crippen molar-refractivity contribution in [3.05, 3.63) is 28.2 Å². The van der Waals surface area contributed by atoms with E-state index < -0.39 is 0 Å². The molecule has 0 radical (unpaired) electrons. The van der Waals surface area contributed by atoms with Crippen LogP contribution in [0.1, 0.15) is 18.7 Å². The van der Waals surface area contributed by atoms with Crippen molar-refractivity contribution in [2.24, 2.45) is 5.92 Å². The Kier molecular flexibility index (Phi) is 3.68. The molecule has 100 valence electrons. The third kappa shape index (κ3) is 3.23. The van der Waals surface area contributed by atoms with Crippen LogP contribution in [0.3, 0.4) is 0 Å². The number of nitrogens with one attached hydrogen (secondary N) is 1. The first-order chi connectivity index (χ1) is 9.22. The molecular weight excluding hydrogens is 287 g/mol. The van der Waals surface area contributed by atoms with E-state index in [9.17, 15) is 0 Å². The largest absolute Gasteiger partial charge is 0.337 e. The fourth-order valence-electron chi connectivity index (χ4n) is 1.71. The molecule has 2 aromatic heterocycles. The zero-order valence-electron chi connectivity index (χ0n) is 10.1. The van der Waals surface area contributed by atoms with E-state index in [0.29, 0.717) is 34.0 Å². The third-order valence-electron chi connectivity index (χ3n) is 2.89. The molecule has 5 nitrogen and oxygen atoms in total. The highest BCUT2D eigenvalue weighted by atomic mass is 35.5. The van der Waals surface area contributed by atoms with Crippen LogP contribution < -0.4 is 5.32 Å². The molecule has 0 atom stereocenters. The van der Waals surface area contributed by atoms with Crippen LogP contribution in [0.25, 0.3) is 11.5 Å². The molecule has 2 heterocycles. The van der Waals surface area contributed by atoms with Crippen molar-refractivity contribution in [1.82, 2.24) is 20.4 Å². The Morgan fingerprint density at radius 3 is 2.95 bits per heavy atom. The van der Waals surface area contributed by atoms with Crippen LogP contribution in [-0.2, 0) is 6.54 Å². The minimum atomic E-state index is 0.380. The Hall–Kier alpha value is -1.17. The lowest BCUT2D eigenvalue weighted by Crippen LogP contribution is -2.16. The zero-order chi connectivity index (χ0) is 13.2. The second kappa shape index (κ2) is 5.45. The molecule has 1 fully saturated rings. The summed E-state index contributed by atoms with van der Waals surface area (Å²) in [6.07, 6.45) is 4.13. The van der Waals surface area contributed by atoms with Crippen LogP contribution >= 0.6 is 23.2 Å². The monoisotopic (exact) mass is 298 g/mol. The molecule has 0 aliphatic heterocycles. The molecule has 0 spiro atoms. The molecule has 19 heavy (non-hydrogen) atoms. The molecule has 0 aromatic carbocycles. The predicted molar refractivity (Wildman–Crippen MR) is 72.0 cm³/mol. The number of nitrogens with zero attached hydrogens (tertiary/aromatic N) is 3. The van der Waals surface area contributed by atoms with Crippen molar-refractivity contribution in [1.29, 1.82) is 0 Å². The van der Waals surface area contributed by atoms with Gasteiger partial charge in [-0.3, -0.25) is 0 Å². The maximum Gasteiger partial charge on any atom is 0.240 e. The second-order valence-corrected chi connectivity index (χ2v) is 5.41. The van der Waals surface area contributed by atoms with E-state index in [1.807, 2.05) is 0 Å². The Bertz CT molecular complexity index is 583. The maximum atomic E-state index is 6.04. The van der Waals surface area contributed by atoms with Gasteiger partial charge in [-0.15, -0.1) is 0 Å². The van der Waals surface area contributed by atoms with E-state index in [1.54, 1.807) is 6.07 Å². The quantitative estimate of drug-likeness (QED) is 0.919. The van der Waals surface area contributed by atoms with Crippen LogP contribution in [0.4, 0.5) is 0 Å². The van der Waals surface area contributed by atoms with Gasteiger partial charge in [0, 0.05) is 6.20 Å². The van der Waals surface area contributed by atoms with Crippen molar-refractivity contribution in [2.75, 3.05) is 6.54 Å². The van der Waals surface area contributed by atoms with Crippen LogP contribution in [0.2, 0.25) is 10.0 Å². The van der Waals surface area contributed by atoms with E-state index in [4.69, 9.17) is 27.7 Å². The van der Waals surface area contributed by atoms with Gasteiger partial charge in [0.05, 0.1) is 16.6 Å². The Morgan fingerprint density at radius 2 is 2.21 bits per heavy atom. The smallest absolute Gasteiger partial charge is 0.240 e. The summed E-state index contributed by atoms with van der Waals surface area (Å²) in [5.74, 6) is 1.73. The summed E-state index contributed by atoms with van der Waals surface area (Å²) in [6, 6.07) is 1.60. The van der Waals surface area contributed by atoms with Gasteiger partial charge in [-0.1, -0.05) is 28.4 Å². The number of hydrogen-bond acceptors (Lipinski definition) is 5. The predicted octanol–water partition coefficient (Wildman–Crippen LogP) is 2.94. The highest BCUT2D eigenvalue weighted by Crippen LogP contribution is 2.28. The van der Waals surface area contributed by atoms with E-state index in [2.05, 4.69) is 20.4 Å². The fourth-order valence-corrected chi connectivity index (χ4v) is 2.17. The van der Waals surface area contributed by atoms with E-state index in [0.717, 1.165) is 12.5 Å². The molecular formula is C12H12Cl2N4O. The number of aromatic nitrogens is 3. The summed E-state index contributed by atoms with van der Waals surface area (Å²) in [6.45, 7) is 1.56. The molecule has 7 heteroatoms. The highest BCUT2D eigenvalue weighted by molar-refractivity contribution is 6.35. The van der Waals surface area contributed by atoms with Gasteiger partial charge in [0.15, 0.2) is 0 Å². The summed E-state index contributed by atoms with van der Waals surface area (Å²) in [5.41, 5.74) is 0.475. The van der Waals surface area contributed by atoms with Crippen LogP contribution in [0.15, 0.2) is 16.8 Å². The van der Waals surface area contributed by atoms with Crippen molar-refractivity contribution in [3.63, 3.8) is 0 Å². The molecule has 2 aromatic rings. The van der Waals surface area contributed by atoms with Gasteiger partial charge in [-0.2, -0.15) is 4.98 Å². The average Bonchev–Trinajstić information content (AvgIpc) is 3.07. The Balaban J connectivity index is 1.68. The van der Waals surface area contributed by atoms with Gasteiger partial charge in [0.2, 0.25) is 11.7 Å². The Morgan fingerprint density at radius 1 is 1.37 bits per heavy atom. The minimum Gasteiger partial charge on any atom is -0.337 e. The number of rotatable bonds is 5. The standard InChI is InChI=1S/C12H12Cl2N4O/c13-8-3-9(14)11(16-5-8)12-17-10(19-18-12)6-15-4-7-1-2-7/h3,5,7,15H,1-2,4,6H2. The normalized spacial score (nSPS) is 14.8. The van der Waals surface area contributed by atoms with Crippen molar-refractivity contribution in [3.8, 4) is 11.5 Å². The fraction of sp³-hybridized carbons (Fsp3) is 0.417. The number of halogens is 2. The van der Waals surface area contributed by atoms with Gasteiger partial charge < -0.3 is 9.84 Å². The summed E-state index contributed by atoms with van der Waals surface area (Å²) < 4.78 is 5.15. The molecule has 0 amide bonds. The summed E-state index contributed by atoms with van der Waals surface area (Å²) in [7, 11) is 0. The molecule has 0 unspecified atom stereocenters. The van der Waals surface area contributed by atoms with Gasteiger partial charge in [-0.25, -0.2) is 4.98 Å². The summed E-state index contributed by atoms with van der Waals surface area (Å²) >= 11 is 11.8. The summed E-state index contributed by atoms with van der Waals surface area (Å²) in [4.78, 5) is 8.37. The number of hydrogen-bond donors (Lipinski definition) is 1. The topological polar surface area (TPSA) is 63.8 Å². The van der Waals surface area contributed by atoms with Gasteiger partial charge >= 0.3 is 0 Å². The zero-order valence-corrected chi connectivity index (χ0v) is 11.6. The second-order valence-electron chi connectivity index (χ2n) is 4.57. The lowest BCUT2D eigenvalue weighted by atomic mass is 10.3. The van der Waals surface area contributed by atoms with Crippen molar-refractivity contribution >= 4 is 23.2 Å². The molecule has 1 N–H and O–H groups in total. The first kappa shape index (κ1) is 12.8. The summed E-state index contributed by atoms with van der Waals surface area (Å²) in [5, 5.41) is 8.04. The van der Waals surface area contributed by atoms with Gasteiger partial charge in [0.25, 0.3) is 0 Å². The van der Waals surface area contributed by atoms with E-state index >= 15 is 0 Å². The maximum absolute atomic E-state index is 6.04. The average molecular weight is 299 g/mol. The molecule has 0 saturated heterocycles. The first-order valence-electron chi connectivity index (χ1n) is 6.07. The number of pyridine rings is 1. The Labute approximate surface area is 120 Å². The van der Waals surface area contributed by atoms with E-state index in [1.165, 1.54) is 19.0 Å². The van der Waals surface area contributed by atoms with Crippen LogP contribution in [0, 0.1) is 5.92 Å². The molecule has 1 aliphatic carbocycles. The lowest BCUT2D eigenvalue weighted by Gasteiger charge is -1.98. The molecule has 0 bridgehead atoms. The minimum absolute atomic E-state index is 0.380. The van der Waals surface area contributed by atoms with Crippen LogP contribution in [0.5, 0.6) is 0 Å². The SMILES string of the molecule is Clc1cnc(-c2noc(CNCC3CC3)n2)c(Cl)c1. The van der Waals surface area contributed by atoms with E-state index in [-0.39, 0.29) is 0 Å².